The lowest BCUT2D eigenvalue weighted by Gasteiger charge is -1.99. The molecule has 0 heterocycles. The molecule has 0 spiro atoms. The van der Waals surface area contributed by atoms with Crippen LogP contribution in [0.1, 0.15) is 11.1 Å². The van der Waals surface area contributed by atoms with Gasteiger partial charge in [-0.1, -0.05) is 29.8 Å². The Bertz CT molecular complexity index is 504. The minimum absolute atomic E-state index is 0.448. The van der Waals surface area contributed by atoms with Gasteiger partial charge in [-0.2, -0.15) is 0 Å². The van der Waals surface area contributed by atoms with Gasteiger partial charge in [0.05, 0.1) is 0 Å². The Morgan fingerprint density at radius 1 is 1.00 bits per heavy atom. The number of carbonyl (C=O) groups is 2. The second kappa shape index (κ2) is 6.60. The highest BCUT2D eigenvalue weighted by atomic mass is 35.5. The van der Waals surface area contributed by atoms with Gasteiger partial charge < -0.3 is 0 Å². The molecule has 5 heteroatoms. The zero-order chi connectivity index (χ0) is 12.8. The summed E-state index contributed by atoms with van der Waals surface area (Å²) in [5, 5.41) is -0.682. The van der Waals surface area contributed by atoms with Gasteiger partial charge in [0.25, 0.3) is 0 Å². The van der Waals surface area contributed by atoms with E-state index in [0.29, 0.717) is 10.6 Å². The van der Waals surface area contributed by atoms with Crippen molar-refractivity contribution in [2.45, 2.75) is 0 Å². The Hall–Kier alpha value is -1.09. The van der Waals surface area contributed by atoms with Crippen molar-refractivity contribution in [2.24, 2.45) is 0 Å². The van der Waals surface area contributed by atoms with E-state index in [1.54, 1.807) is 24.3 Å². The van der Waals surface area contributed by atoms with Gasteiger partial charge in [-0.3, -0.25) is 9.59 Å². The molecule has 0 radical (unpaired) electrons. The number of carbonyl (C=O) groups excluding carboxylic acids is 2. The van der Waals surface area contributed by atoms with Crippen LogP contribution in [0.5, 0.6) is 0 Å². The van der Waals surface area contributed by atoms with E-state index in [1.165, 1.54) is 18.2 Å². The quantitative estimate of drug-likeness (QED) is 0.622. The van der Waals surface area contributed by atoms with Crippen LogP contribution < -0.4 is 0 Å². The maximum Gasteiger partial charge on any atom is 0.245 e. The maximum atomic E-state index is 10.5. The van der Waals surface area contributed by atoms with Gasteiger partial charge in [0.2, 0.25) is 10.5 Å². The first-order valence-electron chi connectivity index (χ1n) is 4.53. The summed E-state index contributed by atoms with van der Waals surface area (Å²) in [6.07, 6.45) is 5.49. The molecule has 2 nitrogen and oxygen atoms in total. The van der Waals surface area contributed by atoms with Gasteiger partial charge in [0, 0.05) is 5.02 Å². The third kappa shape index (κ3) is 5.18. The van der Waals surface area contributed by atoms with Gasteiger partial charge in [-0.15, -0.1) is 0 Å². The molecule has 0 N–H and O–H groups in total. The molecule has 0 aliphatic heterocycles. The first-order valence-corrected chi connectivity index (χ1v) is 5.67. The fourth-order valence-electron chi connectivity index (χ4n) is 1.10. The SMILES string of the molecule is O=C(Cl)C=Cc1ccc(C=CC(=O)Cl)c(Cl)c1. The van der Waals surface area contributed by atoms with E-state index in [4.69, 9.17) is 34.8 Å². The number of hydrogen-bond acceptors (Lipinski definition) is 2. The Balaban J connectivity index is 2.94. The van der Waals surface area contributed by atoms with Crippen molar-refractivity contribution in [1.29, 1.82) is 0 Å². The fraction of sp³-hybridized carbons (Fsp3) is 0. The molecule has 0 aromatic heterocycles. The highest BCUT2D eigenvalue weighted by Crippen LogP contribution is 2.20. The summed E-state index contributed by atoms with van der Waals surface area (Å²) in [4.78, 5) is 21.1. The number of halogens is 3. The van der Waals surface area contributed by atoms with E-state index < -0.39 is 10.5 Å². The second-order valence-corrected chi connectivity index (χ2v) is 4.21. The first kappa shape index (κ1) is 14.0. The molecule has 0 saturated heterocycles. The molecule has 0 saturated carbocycles. The predicted octanol–water partition coefficient (Wildman–Crippen LogP) is 3.90. The van der Waals surface area contributed by atoms with Crippen molar-refractivity contribution in [3.8, 4) is 0 Å². The maximum absolute atomic E-state index is 10.5. The molecule has 0 aliphatic rings. The molecule has 88 valence electrons. The molecule has 0 aliphatic carbocycles. The Kier molecular flexibility index (Phi) is 5.42. The van der Waals surface area contributed by atoms with Gasteiger partial charge in [0.1, 0.15) is 0 Å². The summed E-state index contributed by atoms with van der Waals surface area (Å²) in [5.74, 6) is 0. The van der Waals surface area contributed by atoms with Gasteiger partial charge in [0.15, 0.2) is 0 Å². The average Bonchev–Trinajstić information content (AvgIpc) is 2.24. The lowest BCUT2D eigenvalue weighted by Crippen LogP contribution is -1.81. The van der Waals surface area contributed by atoms with Crippen LogP contribution in [0.25, 0.3) is 12.2 Å². The van der Waals surface area contributed by atoms with E-state index in [-0.39, 0.29) is 0 Å². The van der Waals surface area contributed by atoms with Crippen LogP contribution in [0.4, 0.5) is 0 Å². The Morgan fingerprint density at radius 3 is 2.12 bits per heavy atom. The van der Waals surface area contributed by atoms with E-state index in [9.17, 15) is 9.59 Å². The summed E-state index contributed by atoms with van der Waals surface area (Å²) < 4.78 is 0. The normalized spacial score (nSPS) is 11.2. The Morgan fingerprint density at radius 2 is 1.59 bits per heavy atom. The number of hydrogen-bond donors (Lipinski definition) is 0. The summed E-state index contributed by atoms with van der Waals surface area (Å²) in [7, 11) is 0. The summed E-state index contributed by atoms with van der Waals surface area (Å²) >= 11 is 16.3. The molecule has 17 heavy (non-hydrogen) atoms. The summed E-state index contributed by atoms with van der Waals surface area (Å²) in [6.45, 7) is 0. The van der Waals surface area contributed by atoms with Crippen molar-refractivity contribution in [3.63, 3.8) is 0 Å². The third-order valence-corrected chi connectivity index (χ3v) is 2.40. The van der Waals surface area contributed by atoms with Crippen LogP contribution in [0, 0.1) is 0 Å². The molecule has 0 bridgehead atoms. The number of benzene rings is 1. The molecule has 1 aromatic rings. The molecular formula is C12H7Cl3O2. The second-order valence-electron chi connectivity index (χ2n) is 3.06. The van der Waals surface area contributed by atoms with E-state index in [1.807, 2.05) is 0 Å². The van der Waals surface area contributed by atoms with E-state index in [0.717, 1.165) is 5.56 Å². The lowest BCUT2D eigenvalue weighted by molar-refractivity contribution is -0.108. The topological polar surface area (TPSA) is 34.1 Å². The number of rotatable bonds is 4. The van der Waals surface area contributed by atoms with Crippen LogP contribution in [-0.2, 0) is 9.59 Å². The van der Waals surface area contributed by atoms with Crippen LogP contribution in [0.15, 0.2) is 30.4 Å². The molecule has 0 fully saturated rings. The smallest absolute Gasteiger partial charge is 0.245 e. The van der Waals surface area contributed by atoms with Crippen LogP contribution in [-0.4, -0.2) is 10.5 Å². The molecule has 0 amide bonds. The molecular weight excluding hydrogens is 282 g/mol. The fourth-order valence-corrected chi connectivity index (χ4v) is 1.48. The van der Waals surface area contributed by atoms with E-state index in [2.05, 4.69) is 0 Å². The van der Waals surface area contributed by atoms with Crippen LogP contribution >= 0.6 is 34.8 Å². The highest BCUT2D eigenvalue weighted by molar-refractivity contribution is 6.67. The minimum Gasteiger partial charge on any atom is -0.276 e. The monoisotopic (exact) mass is 288 g/mol. The standard InChI is InChI=1S/C12H7Cl3O2/c13-10-7-8(2-5-11(14)16)1-3-9(10)4-6-12(15)17/h1-7H. The van der Waals surface area contributed by atoms with Crippen molar-refractivity contribution in [3.05, 3.63) is 46.5 Å². The van der Waals surface area contributed by atoms with Crippen molar-refractivity contribution in [1.82, 2.24) is 0 Å². The van der Waals surface area contributed by atoms with Crippen LogP contribution in [0.2, 0.25) is 5.02 Å². The summed E-state index contributed by atoms with van der Waals surface area (Å²) in [5.41, 5.74) is 1.40. The minimum atomic E-state index is -0.572. The molecule has 1 rings (SSSR count). The van der Waals surface area contributed by atoms with Gasteiger partial charge in [-0.25, -0.2) is 0 Å². The largest absolute Gasteiger partial charge is 0.276 e. The summed E-state index contributed by atoms with van der Waals surface area (Å²) in [6, 6.07) is 5.09. The molecule has 0 unspecified atom stereocenters. The van der Waals surface area contributed by atoms with Crippen molar-refractivity contribution >= 4 is 57.4 Å². The molecule has 0 atom stereocenters. The van der Waals surface area contributed by atoms with Crippen molar-refractivity contribution in [2.75, 3.05) is 0 Å². The highest BCUT2D eigenvalue weighted by Gasteiger charge is 1.98. The third-order valence-electron chi connectivity index (χ3n) is 1.83. The zero-order valence-electron chi connectivity index (χ0n) is 8.49. The van der Waals surface area contributed by atoms with Crippen LogP contribution in [0.3, 0.4) is 0 Å². The lowest BCUT2D eigenvalue weighted by atomic mass is 10.1. The zero-order valence-corrected chi connectivity index (χ0v) is 10.8. The molecule has 1 aromatic carbocycles. The van der Waals surface area contributed by atoms with Crippen molar-refractivity contribution < 1.29 is 9.59 Å². The first-order chi connectivity index (χ1) is 7.99. The average molecular weight is 290 g/mol. The Labute approximate surface area is 113 Å². The van der Waals surface area contributed by atoms with E-state index >= 15 is 0 Å². The predicted molar refractivity (Wildman–Crippen MR) is 71.2 cm³/mol. The van der Waals surface area contributed by atoms with Gasteiger partial charge >= 0.3 is 0 Å². The van der Waals surface area contributed by atoms with Gasteiger partial charge in [-0.05, 0) is 58.6 Å². The number of allylic oxidation sites excluding steroid dienone is 2.